The Bertz CT molecular complexity index is 1480. The van der Waals surface area contributed by atoms with Gasteiger partial charge in [-0.1, -0.05) is 0 Å². The fourth-order valence-electron chi connectivity index (χ4n) is 4.21. The standard InChI is InChI=1S/C26H28F2N8O2/c1-16-11-17-19(31-16)12-18(27)26(25(17)28)38-15-30-24(36-8-6-35(3)7-9-36)14-22(29-2)32-23-13-20(33-34-23)21-5-4-10-37-21/h4-5,10-14,31H,2,6-9,15H2,1,3H3,(H2,32,33,34)/b22-14+,30-24+. The summed E-state index contributed by atoms with van der Waals surface area (Å²) in [6.45, 7) is 8.21. The molecule has 0 bridgehead atoms. The van der Waals surface area contributed by atoms with Gasteiger partial charge in [0.2, 0.25) is 0 Å². The topological polar surface area (TPSA) is 110 Å². The number of benzene rings is 1. The van der Waals surface area contributed by atoms with Crippen molar-refractivity contribution in [2.75, 3.05) is 45.3 Å². The highest BCUT2D eigenvalue weighted by molar-refractivity contribution is 5.94. The van der Waals surface area contributed by atoms with Crippen LogP contribution in [0.25, 0.3) is 22.4 Å². The molecular weight excluding hydrogens is 494 g/mol. The number of halogens is 2. The number of nitrogens with zero attached hydrogens (tertiary/aromatic N) is 5. The van der Waals surface area contributed by atoms with Crippen molar-refractivity contribution >= 4 is 29.3 Å². The molecule has 0 aliphatic carbocycles. The minimum absolute atomic E-state index is 0.261. The molecule has 3 N–H and O–H groups in total. The maximum absolute atomic E-state index is 15.0. The molecule has 1 fully saturated rings. The summed E-state index contributed by atoms with van der Waals surface area (Å²) in [5, 5.41) is 10.5. The zero-order valence-electron chi connectivity index (χ0n) is 21.1. The van der Waals surface area contributed by atoms with Gasteiger partial charge in [0.25, 0.3) is 0 Å². The lowest BCUT2D eigenvalue weighted by atomic mass is 10.2. The number of likely N-dealkylation sites (N-methyl/N-ethyl adjacent to an activating group) is 1. The number of nitrogens with one attached hydrogen (secondary N) is 3. The molecule has 0 saturated carbocycles. The number of amidine groups is 1. The maximum atomic E-state index is 15.0. The zero-order chi connectivity index (χ0) is 26.6. The largest absolute Gasteiger partial charge is 0.465 e. The van der Waals surface area contributed by atoms with E-state index in [1.54, 1.807) is 37.5 Å². The van der Waals surface area contributed by atoms with Crippen LogP contribution < -0.4 is 10.1 Å². The Hall–Kier alpha value is -4.45. The van der Waals surface area contributed by atoms with E-state index in [0.717, 1.165) is 18.8 Å². The van der Waals surface area contributed by atoms with Gasteiger partial charge >= 0.3 is 0 Å². The van der Waals surface area contributed by atoms with E-state index in [-0.39, 0.29) is 12.1 Å². The molecule has 10 nitrogen and oxygen atoms in total. The predicted molar refractivity (Wildman–Crippen MR) is 142 cm³/mol. The molecule has 38 heavy (non-hydrogen) atoms. The van der Waals surface area contributed by atoms with Crippen LogP contribution in [-0.2, 0) is 0 Å². The average Bonchev–Trinajstić information content (AvgIpc) is 3.66. The summed E-state index contributed by atoms with van der Waals surface area (Å²) in [5.41, 5.74) is 1.79. The van der Waals surface area contributed by atoms with Gasteiger partial charge in [-0.05, 0) is 38.9 Å². The molecular formula is C26H28F2N8O2. The number of aromatic nitrogens is 3. The second kappa shape index (κ2) is 10.9. The third kappa shape index (κ3) is 5.44. The molecule has 0 spiro atoms. The van der Waals surface area contributed by atoms with E-state index in [2.05, 4.69) is 47.0 Å². The minimum atomic E-state index is -0.801. The summed E-state index contributed by atoms with van der Waals surface area (Å²) in [6, 6.07) is 8.21. The summed E-state index contributed by atoms with van der Waals surface area (Å²) < 4.78 is 40.5. The Morgan fingerprint density at radius 3 is 2.82 bits per heavy atom. The molecule has 0 atom stereocenters. The highest BCUT2D eigenvalue weighted by atomic mass is 19.1. The maximum Gasteiger partial charge on any atom is 0.194 e. The van der Waals surface area contributed by atoms with E-state index in [0.29, 0.717) is 47.5 Å². The van der Waals surface area contributed by atoms with Gasteiger partial charge in [-0.15, -0.1) is 0 Å². The summed E-state index contributed by atoms with van der Waals surface area (Å²) >= 11 is 0. The molecule has 198 valence electrons. The third-order valence-electron chi connectivity index (χ3n) is 6.23. The van der Waals surface area contributed by atoms with E-state index in [1.807, 2.05) is 13.1 Å². The number of aryl methyl sites for hydroxylation is 1. The zero-order valence-corrected chi connectivity index (χ0v) is 21.1. The van der Waals surface area contributed by atoms with E-state index in [9.17, 15) is 8.78 Å². The van der Waals surface area contributed by atoms with Crippen molar-refractivity contribution in [1.82, 2.24) is 25.0 Å². The third-order valence-corrected chi connectivity index (χ3v) is 6.23. The number of aliphatic imine (C=N–C) groups is 2. The number of anilines is 1. The molecule has 1 saturated heterocycles. The lowest BCUT2D eigenvalue weighted by Gasteiger charge is -2.33. The number of ether oxygens (including phenoxy) is 1. The summed E-state index contributed by atoms with van der Waals surface area (Å²) in [7, 11) is 2.05. The number of fused-ring (bicyclic) bond motifs is 1. The second-order valence-electron chi connectivity index (χ2n) is 8.95. The van der Waals surface area contributed by atoms with Crippen molar-refractivity contribution in [2.24, 2.45) is 9.98 Å². The first kappa shape index (κ1) is 25.2. The van der Waals surface area contributed by atoms with E-state index >= 15 is 0 Å². The van der Waals surface area contributed by atoms with Crippen molar-refractivity contribution in [2.45, 2.75) is 6.92 Å². The van der Waals surface area contributed by atoms with Crippen LogP contribution in [0.3, 0.4) is 0 Å². The van der Waals surface area contributed by atoms with Crippen molar-refractivity contribution in [3.05, 3.63) is 65.8 Å². The van der Waals surface area contributed by atoms with Crippen molar-refractivity contribution < 1.29 is 17.9 Å². The molecule has 1 aliphatic heterocycles. The Balaban J connectivity index is 1.37. The highest BCUT2D eigenvalue weighted by Crippen LogP contribution is 2.30. The molecule has 1 aliphatic rings. The molecule has 12 heteroatoms. The molecule has 0 unspecified atom stereocenters. The molecule has 5 rings (SSSR count). The van der Waals surface area contributed by atoms with Crippen LogP contribution in [-0.4, -0.2) is 77.5 Å². The first-order valence-electron chi connectivity index (χ1n) is 12.0. The van der Waals surface area contributed by atoms with E-state index in [4.69, 9.17) is 9.15 Å². The Morgan fingerprint density at radius 1 is 1.26 bits per heavy atom. The number of furan rings is 1. The van der Waals surface area contributed by atoms with Gasteiger partial charge in [-0.2, -0.15) is 5.10 Å². The Morgan fingerprint density at radius 2 is 2.08 bits per heavy atom. The lowest BCUT2D eigenvalue weighted by molar-refractivity contribution is 0.214. The summed E-state index contributed by atoms with van der Waals surface area (Å²) in [5.74, 6) is 0.0391. The van der Waals surface area contributed by atoms with Crippen LogP contribution in [0, 0.1) is 18.6 Å². The van der Waals surface area contributed by atoms with Crippen LogP contribution >= 0.6 is 0 Å². The van der Waals surface area contributed by atoms with E-state index in [1.165, 1.54) is 6.07 Å². The fourth-order valence-corrected chi connectivity index (χ4v) is 4.21. The number of hydrogen-bond donors (Lipinski definition) is 3. The van der Waals surface area contributed by atoms with Crippen molar-refractivity contribution in [3.63, 3.8) is 0 Å². The van der Waals surface area contributed by atoms with Crippen LogP contribution in [0.2, 0.25) is 0 Å². The van der Waals surface area contributed by atoms with Gasteiger partial charge in [-0.3, -0.25) is 5.10 Å². The van der Waals surface area contributed by atoms with Gasteiger partial charge in [0.15, 0.2) is 35.7 Å². The molecule has 0 radical (unpaired) electrons. The van der Waals surface area contributed by atoms with Crippen LogP contribution in [0.15, 0.2) is 62.9 Å². The normalized spacial score (nSPS) is 15.3. The number of H-pyrrole nitrogens is 2. The average molecular weight is 523 g/mol. The predicted octanol–water partition coefficient (Wildman–Crippen LogP) is 4.37. The minimum Gasteiger partial charge on any atom is -0.465 e. The lowest BCUT2D eigenvalue weighted by Crippen LogP contribution is -2.47. The molecule has 0 amide bonds. The summed E-state index contributed by atoms with van der Waals surface area (Å²) in [6.07, 6.45) is 3.28. The van der Waals surface area contributed by atoms with Gasteiger partial charge in [0.05, 0.1) is 11.8 Å². The first-order valence-corrected chi connectivity index (χ1v) is 12.0. The molecule has 4 aromatic rings. The van der Waals surface area contributed by atoms with E-state index < -0.39 is 17.4 Å². The smallest absolute Gasteiger partial charge is 0.194 e. The SMILES string of the molecule is C=N/C(=C\C(=N/COc1c(F)cc2[nH]c(C)cc2c1F)N1CCN(C)CC1)Nc1cc(-c2ccco2)[nH]n1. The molecule has 3 aromatic heterocycles. The van der Waals surface area contributed by atoms with Crippen LogP contribution in [0.1, 0.15) is 5.69 Å². The summed E-state index contributed by atoms with van der Waals surface area (Å²) in [4.78, 5) is 15.8. The van der Waals surface area contributed by atoms with Crippen LogP contribution in [0.5, 0.6) is 5.75 Å². The Labute approximate surface area is 217 Å². The van der Waals surface area contributed by atoms with Gasteiger partial charge in [0.1, 0.15) is 17.4 Å². The first-order chi connectivity index (χ1) is 18.4. The van der Waals surface area contributed by atoms with Gasteiger partial charge in [-0.25, -0.2) is 18.8 Å². The number of rotatable bonds is 8. The number of aromatic amines is 2. The quantitative estimate of drug-likeness (QED) is 0.234. The molecule has 4 heterocycles. The number of piperazine rings is 1. The van der Waals surface area contributed by atoms with Crippen LogP contribution in [0.4, 0.5) is 14.6 Å². The number of hydrogen-bond acceptors (Lipinski definition) is 7. The highest BCUT2D eigenvalue weighted by Gasteiger charge is 2.19. The van der Waals surface area contributed by atoms with Crippen molar-refractivity contribution in [3.8, 4) is 17.2 Å². The fraction of sp³-hybridized carbons (Fsp3) is 0.269. The molecule has 1 aromatic carbocycles. The van der Waals surface area contributed by atoms with Crippen molar-refractivity contribution in [1.29, 1.82) is 0 Å². The second-order valence-corrected chi connectivity index (χ2v) is 8.95. The Kier molecular flexibility index (Phi) is 7.22. The van der Waals surface area contributed by atoms with Gasteiger partial charge < -0.3 is 29.3 Å². The monoisotopic (exact) mass is 522 g/mol. The van der Waals surface area contributed by atoms with Gasteiger partial charge in [0, 0.05) is 55.5 Å².